The zero-order chi connectivity index (χ0) is 22.5. The van der Waals surface area contributed by atoms with Crippen molar-refractivity contribution < 1.29 is 40.1 Å². The lowest BCUT2D eigenvalue weighted by atomic mass is 10.0. The molecular formula is C17H12ClF3N2O6S. The molecule has 0 saturated carbocycles. The van der Waals surface area contributed by atoms with Crippen molar-refractivity contribution in [2.45, 2.75) is 5.51 Å². The van der Waals surface area contributed by atoms with Crippen molar-refractivity contribution in [3.8, 4) is 5.75 Å². The third kappa shape index (κ3) is 5.70. The number of methoxy groups -OCH3 is 1. The van der Waals surface area contributed by atoms with Crippen molar-refractivity contribution in [1.82, 2.24) is 5.43 Å². The number of carbonyl (C=O) groups excluding carboxylic acids is 2. The van der Waals surface area contributed by atoms with Gasteiger partial charge in [0.25, 0.3) is 0 Å². The first-order chi connectivity index (χ1) is 13.9. The predicted octanol–water partition coefficient (Wildman–Crippen LogP) is 2.61. The van der Waals surface area contributed by atoms with E-state index in [9.17, 15) is 31.2 Å². The number of amides is 1. The Hall–Kier alpha value is -3.12. The topological polar surface area (TPSA) is 111 Å². The Balaban J connectivity index is 2.38. The molecule has 0 aromatic heterocycles. The van der Waals surface area contributed by atoms with Gasteiger partial charge in [0.2, 0.25) is 0 Å². The Labute approximate surface area is 173 Å². The van der Waals surface area contributed by atoms with Crippen molar-refractivity contribution >= 4 is 39.3 Å². The lowest BCUT2D eigenvalue weighted by Crippen LogP contribution is -2.29. The first-order valence-electron chi connectivity index (χ1n) is 7.77. The number of alkyl halides is 3. The number of halogens is 4. The fourth-order valence-electron chi connectivity index (χ4n) is 1.99. The van der Waals surface area contributed by atoms with Gasteiger partial charge in [-0.05, 0) is 36.4 Å². The average Bonchev–Trinajstić information content (AvgIpc) is 2.68. The summed E-state index contributed by atoms with van der Waals surface area (Å²) in [7, 11) is -4.83. The van der Waals surface area contributed by atoms with E-state index in [0.29, 0.717) is 10.6 Å². The molecule has 160 valence electrons. The van der Waals surface area contributed by atoms with Gasteiger partial charge in [-0.3, -0.25) is 4.79 Å². The summed E-state index contributed by atoms with van der Waals surface area (Å²) in [5.74, 6) is -2.96. The largest absolute Gasteiger partial charge is 0.534 e. The van der Waals surface area contributed by atoms with E-state index < -0.39 is 33.3 Å². The molecule has 30 heavy (non-hydrogen) atoms. The Morgan fingerprint density at radius 2 is 1.50 bits per heavy atom. The van der Waals surface area contributed by atoms with Crippen molar-refractivity contribution in [3.63, 3.8) is 0 Å². The monoisotopic (exact) mass is 464 g/mol. The van der Waals surface area contributed by atoms with Gasteiger partial charge in [0, 0.05) is 16.1 Å². The molecule has 0 aliphatic carbocycles. The average molecular weight is 465 g/mol. The number of rotatable bonds is 5. The minimum Gasteiger partial charge on any atom is -0.462 e. The van der Waals surface area contributed by atoms with Crippen LogP contribution in [0.2, 0.25) is 5.02 Å². The summed E-state index contributed by atoms with van der Waals surface area (Å²) in [5, 5.41) is 4.24. The first kappa shape index (κ1) is 23.2. The van der Waals surface area contributed by atoms with E-state index in [2.05, 4.69) is 14.0 Å². The number of carbonyl (C=O) groups is 2. The van der Waals surface area contributed by atoms with Gasteiger partial charge in [-0.1, -0.05) is 23.7 Å². The zero-order valence-electron chi connectivity index (χ0n) is 14.9. The van der Waals surface area contributed by atoms with Crippen LogP contribution in [0.25, 0.3) is 0 Å². The van der Waals surface area contributed by atoms with Crippen LogP contribution in [0.15, 0.2) is 53.6 Å². The highest BCUT2D eigenvalue weighted by Crippen LogP contribution is 2.27. The van der Waals surface area contributed by atoms with E-state index >= 15 is 0 Å². The highest BCUT2D eigenvalue weighted by Gasteiger charge is 2.48. The maximum absolute atomic E-state index is 12.4. The SMILES string of the molecule is COC(=O)C(=O)N/N=C(/c1ccc(Cl)cc1)c1ccc(OS(=O)(=O)C(F)(F)F)cc1. The van der Waals surface area contributed by atoms with Gasteiger partial charge in [0.05, 0.1) is 12.8 Å². The van der Waals surface area contributed by atoms with E-state index in [1.807, 2.05) is 5.43 Å². The lowest BCUT2D eigenvalue weighted by molar-refractivity contribution is -0.152. The lowest BCUT2D eigenvalue weighted by Gasteiger charge is -2.11. The molecule has 0 aliphatic rings. The summed E-state index contributed by atoms with van der Waals surface area (Å²) in [5.41, 5.74) is -2.84. The first-order valence-corrected chi connectivity index (χ1v) is 9.56. The maximum Gasteiger partial charge on any atom is 0.534 e. The van der Waals surface area contributed by atoms with Crippen LogP contribution < -0.4 is 9.61 Å². The molecule has 0 spiro atoms. The molecule has 2 aromatic carbocycles. The molecule has 2 aromatic rings. The molecular weight excluding hydrogens is 453 g/mol. The Morgan fingerprint density at radius 3 is 1.97 bits per heavy atom. The number of benzene rings is 2. The minimum absolute atomic E-state index is 0.0918. The number of hydrogen-bond acceptors (Lipinski definition) is 7. The van der Waals surface area contributed by atoms with Gasteiger partial charge in [-0.15, -0.1) is 0 Å². The second-order valence-electron chi connectivity index (χ2n) is 5.41. The molecule has 2 rings (SSSR count). The second kappa shape index (κ2) is 9.13. The maximum atomic E-state index is 12.4. The molecule has 0 unspecified atom stereocenters. The number of nitrogens with zero attached hydrogens (tertiary/aromatic N) is 1. The van der Waals surface area contributed by atoms with Crippen LogP contribution in [-0.2, 0) is 24.4 Å². The van der Waals surface area contributed by atoms with Gasteiger partial charge < -0.3 is 8.92 Å². The molecule has 1 N–H and O–H groups in total. The molecule has 8 nitrogen and oxygen atoms in total. The van der Waals surface area contributed by atoms with Crippen LogP contribution in [0.4, 0.5) is 13.2 Å². The van der Waals surface area contributed by atoms with Crippen LogP contribution in [0, 0.1) is 0 Å². The summed E-state index contributed by atoms with van der Waals surface area (Å²) in [6, 6.07) is 10.4. The minimum atomic E-state index is -5.83. The number of ether oxygens (including phenoxy) is 1. The number of hydrazone groups is 1. The van der Waals surface area contributed by atoms with Crippen molar-refractivity contribution in [2.75, 3.05) is 7.11 Å². The standard InChI is InChI=1S/C17H12ClF3N2O6S/c1-28-16(25)15(24)23-22-14(10-2-6-12(18)7-3-10)11-4-8-13(9-5-11)29-30(26,27)17(19,20)21/h2-9H,1H3,(H,23,24)/b22-14-. The fraction of sp³-hybridized carbons (Fsp3) is 0.118. The smallest absolute Gasteiger partial charge is 0.462 e. The number of hydrogen-bond donors (Lipinski definition) is 1. The molecule has 0 atom stereocenters. The molecule has 13 heteroatoms. The highest BCUT2D eigenvalue weighted by molar-refractivity contribution is 7.88. The van der Waals surface area contributed by atoms with Gasteiger partial charge in [-0.25, -0.2) is 10.2 Å². The second-order valence-corrected chi connectivity index (χ2v) is 7.38. The van der Waals surface area contributed by atoms with Crippen LogP contribution in [0.5, 0.6) is 5.75 Å². The van der Waals surface area contributed by atoms with Crippen LogP contribution in [0.1, 0.15) is 11.1 Å². The number of esters is 1. The predicted molar refractivity (Wildman–Crippen MR) is 99.3 cm³/mol. The molecule has 0 heterocycles. The quantitative estimate of drug-likeness (QED) is 0.182. The van der Waals surface area contributed by atoms with Crippen molar-refractivity contribution in [3.05, 3.63) is 64.7 Å². The third-order valence-corrected chi connectivity index (χ3v) is 4.61. The molecule has 0 radical (unpaired) electrons. The molecule has 0 saturated heterocycles. The van der Waals surface area contributed by atoms with Crippen LogP contribution >= 0.6 is 11.6 Å². The van der Waals surface area contributed by atoms with Crippen molar-refractivity contribution in [2.24, 2.45) is 5.10 Å². The summed E-state index contributed by atoms with van der Waals surface area (Å²) in [6.45, 7) is 0. The molecule has 0 fully saturated rings. The number of nitrogens with one attached hydrogen (secondary N) is 1. The highest BCUT2D eigenvalue weighted by atomic mass is 35.5. The fourth-order valence-corrected chi connectivity index (χ4v) is 2.58. The molecule has 0 bridgehead atoms. The normalized spacial score (nSPS) is 12.2. The Morgan fingerprint density at radius 1 is 1.00 bits per heavy atom. The molecule has 1 amide bonds. The summed E-state index contributed by atoms with van der Waals surface area (Å²) in [4.78, 5) is 22.8. The van der Waals surface area contributed by atoms with E-state index in [0.717, 1.165) is 19.2 Å². The molecule has 0 aliphatic heterocycles. The van der Waals surface area contributed by atoms with Crippen molar-refractivity contribution in [1.29, 1.82) is 0 Å². The van der Waals surface area contributed by atoms with Crippen LogP contribution in [0.3, 0.4) is 0 Å². The summed E-state index contributed by atoms with van der Waals surface area (Å²) < 4.78 is 67.8. The summed E-state index contributed by atoms with van der Waals surface area (Å²) >= 11 is 5.83. The van der Waals surface area contributed by atoms with E-state index in [-0.39, 0.29) is 11.3 Å². The van der Waals surface area contributed by atoms with Gasteiger partial charge in [-0.2, -0.15) is 26.7 Å². The van der Waals surface area contributed by atoms with Gasteiger partial charge >= 0.3 is 27.5 Å². The zero-order valence-corrected chi connectivity index (χ0v) is 16.5. The van der Waals surface area contributed by atoms with E-state index in [1.54, 1.807) is 0 Å². The van der Waals surface area contributed by atoms with Crippen LogP contribution in [-0.4, -0.2) is 38.6 Å². The van der Waals surface area contributed by atoms with E-state index in [1.165, 1.54) is 36.4 Å². The van der Waals surface area contributed by atoms with Gasteiger partial charge in [0.15, 0.2) is 0 Å². The van der Waals surface area contributed by atoms with Gasteiger partial charge in [0.1, 0.15) is 5.75 Å². The summed E-state index contributed by atoms with van der Waals surface area (Å²) in [6.07, 6.45) is 0. The Kier molecular flexibility index (Phi) is 7.05. The third-order valence-electron chi connectivity index (χ3n) is 3.37. The Bertz CT molecular complexity index is 1070. The van der Waals surface area contributed by atoms with E-state index in [4.69, 9.17) is 11.6 Å².